The molecule has 1 atom stereocenters. The average molecular weight is 384 g/mol. The summed E-state index contributed by atoms with van der Waals surface area (Å²) >= 11 is 0. The van der Waals surface area contributed by atoms with Gasteiger partial charge in [0.2, 0.25) is 5.91 Å². The third-order valence-corrected chi connectivity index (χ3v) is 7.38. The molecule has 5 rings (SSSR count). The highest BCUT2D eigenvalue weighted by molar-refractivity contribution is 5.97. The van der Waals surface area contributed by atoms with Gasteiger partial charge in [-0.15, -0.1) is 0 Å². The monoisotopic (exact) mass is 383 g/mol. The molecule has 0 heterocycles. The minimum Gasteiger partial charge on any atom is -0.332 e. The normalized spacial score (nSPS) is 31.6. The molecule has 0 spiro atoms. The van der Waals surface area contributed by atoms with Crippen LogP contribution in [-0.2, 0) is 11.3 Å². The van der Waals surface area contributed by atoms with Gasteiger partial charge in [-0.2, -0.15) is 0 Å². The van der Waals surface area contributed by atoms with Gasteiger partial charge in [-0.1, -0.05) is 24.3 Å². The van der Waals surface area contributed by atoms with E-state index in [0.29, 0.717) is 6.54 Å². The first-order valence-corrected chi connectivity index (χ1v) is 10.7. The predicted molar refractivity (Wildman–Crippen MR) is 110 cm³/mol. The molecule has 0 radical (unpaired) electrons. The molecule has 0 saturated heterocycles. The number of carbonyl (C=O) groups excluding carboxylic acids is 2. The van der Waals surface area contributed by atoms with E-state index in [1.165, 1.54) is 30.4 Å². The maximum absolute atomic E-state index is 12.6. The van der Waals surface area contributed by atoms with E-state index in [1.807, 2.05) is 31.0 Å². The van der Waals surface area contributed by atoms with E-state index >= 15 is 0 Å². The van der Waals surface area contributed by atoms with Crippen LogP contribution in [0.25, 0.3) is 0 Å². The van der Waals surface area contributed by atoms with Crippen LogP contribution in [-0.4, -0.2) is 35.5 Å². The van der Waals surface area contributed by atoms with E-state index in [9.17, 15) is 9.59 Å². The molecule has 4 aliphatic rings. The minimum atomic E-state index is -0.373. The van der Waals surface area contributed by atoms with Gasteiger partial charge >= 0.3 is 6.03 Å². The van der Waals surface area contributed by atoms with Gasteiger partial charge in [0.15, 0.2) is 0 Å². The van der Waals surface area contributed by atoms with Crippen LogP contribution in [0.15, 0.2) is 24.3 Å². The molecule has 4 saturated carbocycles. The highest BCUT2D eigenvalue weighted by Crippen LogP contribution is 2.55. The summed E-state index contributed by atoms with van der Waals surface area (Å²) in [6.07, 6.45) is 7.27. The van der Waals surface area contributed by atoms with Crippen LogP contribution in [0.3, 0.4) is 0 Å². The fourth-order valence-corrected chi connectivity index (χ4v) is 6.15. The molecule has 0 unspecified atom stereocenters. The van der Waals surface area contributed by atoms with Crippen LogP contribution in [0.1, 0.15) is 56.6 Å². The average Bonchev–Trinajstić information content (AvgIpc) is 2.61. The fourth-order valence-electron chi connectivity index (χ4n) is 6.15. The molecule has 5 heteroatoms. The number of likely N-dealkylation sites (N-methyl/N-ethyl adjacent to an activating group) is 1. The molecule has 4 fully saturated rings. The molecule has 152 valence electrons. The lowest BCUT2D eigenvalue weighted by Crippen LogP contribution is -2.62. The Morgan fingerprint density at radius 1 is 1.11 bits per heavy atom. The van der Waals surface area contributed by atoms with Crippen molar-refractivity contribution in [2.45, 2.75) is 70.5 Å². The number of nitrogens with one attached hydrogen (secondary N) is 2. The largest absolute Gasteiger partial charge is 0.332 e. The van der Waals surface area contributed by atoms with E-state index in [0.717, 1.165) is 37.0 Å². The lowest BCUT2D eigenvalue weighted by molar-refractivity contribution is -0.124. The Bertz CT molecular complexity index is 725. The second-order valence-electron chi connectivity index (χ2n) is 9.66. The Morgan fingerprint density at radius 3 is 2.25 bits per heavy atom. The summed E-state index contributed by atoms with van der Waals surface area (Å²) in [4.78, 5) is 27.2. The van der Waals surface area contributed by atoms with E-state index in [1.54, 1.807) is 0 Å². The molecule has 2 N–H and O–H groups in total. The van der Waals surface area contributed by atoms with Crippen molar-refractivity contribution in [3.63, 3.8) is 0 Å². The number of hydrogen-bond acceptors (Lipinski definition) is 3. The summed E-state index contributed by atoms with van der Waals surface area (Å²) in [7, 11) is 1.92. The number of aryl methyl sites for hydroxylation is 1. The maximum Gasteiger partial charge on any atom is 0.321 e. The second kappa shape index (κ2) is 7.51. The van der Waals surface area contributed by atoms with Crippen LogP contribution in [0.5, 0.6) is 0 Å². The highest BCUT2D eigenvalue weighted by Gasteiger charge is 2.51. The van der Waals surface area contributed by atoms with Gasteiger partial charge < -0.3 is 5.32 Å². The zero-order valence-corrected chi connectivity index (χ0v) is 17.3. The van der Waals surface area contributed by atoms with Crippen molar-refractivity contribution < 1.29 is 9.59 Å². The highest BCUT2D eigenvalue weighted by atomic mass is 16.2. The Kier molecular flexibility index (Phi) is 5.21. The lowest BCUT2D eigenvalue weighted by atomic mass is 9.53. The first-order chi connectivity index (χ1) is 13.3. The summed E-state index contributed by atoms with van der Waals surface area (Å²) in [5.74, 6) is 2.06. The lowest BCUT2D eigenvalue weighted by Gasteiger charge is -2.56. The molecular weight excluding hydrogens is 350 g/mol. The second-order valence-corrected chi connectivity index (χ2v) is 9.66. The van der Waals surface area contributed by atoms with E-state index in [2.05, 4.69) is 29.7 Å². The van der Waals surface area contributed by atoms with Gasteiger partial charge in [0.1, 0.15) is 0 Å². The summed E-state index contributed by atoms with van der Waals surface area (Å²) in [6, 6.07) is 7.50. The molecule has 4 bridgehead atoms. The van der Waals surface area contributed by atoms with Crippen LogP contribution < -0.4 is 10.6 Å². The maximum atomic E-state index is 12.6. The SMILES string of the molecule is Cc1ccccc1CN(C)[C@@H](C)C(=O)NC(=O)NC12CC3CC(CC(C3)C1)C2. The fraction of sp³-hybridized carbons (Fsp3) is 0.652. The number of hydrogen-bond donors (Lipinski definition) is 2. The summed E-state index contributed by atoms with van der Waals surface area (Å²) < 4.78 is 0. The quantitative estimate of drug-likeness (QED) is 0.816. The van der Waals surface area contributed by atoms with Crippen molar-refractivity contribution in [2.24, 2.45) is 17.8 Å². The van der Waals surface area contributed by atoms with Crippen molar-refractivity contribution in [1.29, 1.82) is 0 Å². The van der Waals surface area contributed by atoms with Crippen LogP contribution >= 0.6 is 0 Å². The molecule has 1 aromatic carbocycles. The predicted octanol–water partition coefficient (Wildman–Crippen LogP) is 3.61. The Morgan fingerprint density at radius 2 is 1.68 bits per heavy atom. The first-order valence-electron chi connectivity index (χ1n) is 10.7. The molecule has 0 aromatic heterocycles. The van der Waals surface area contributed by atoms with Crippen molar-refractivity contribution in [2.75, 3.05) is 7.05 Å². The standard InChI is InChI=1S/C23H33N3O2/c1-15-6-4-5-7-20(15)14-26(3)16(2)21(27)24-22(28)25-23-11-17-8-18(12-23)10-19(9-17)13-23/h4-7,16-19H,8-14H2,1-3H3,(H2,24,25,27,28)/t16-,17?,18?,19?,23?/m0/s1. The number of urea groups is 1. The Balaban J connectivity index is 1.31. The van der Waals surface area contributed by atoms with Gasteiger partial charge in [0.25, 0.3) is 0 Å². The molecular formula is C23H33N3O2. The van der Waals surface area contributed by atoms with Crippen molar-refractivity contribution in [3.8, 4) is 0 Å². The van der Waals surface area contributed by atoms with Crippen molar-refractivity contribution in [3.05, 3.63) is 35.4 Å². The topological polar surface area (TPSA) is 61.4 Å². The molecule has 5 nitrogen and oxygen atoms in total. The van der Waals surface area contributed by atoms with E-state index in [-0.39, 0.29) is 23.5 Å². The van der Waals surface area contributed by atoms with Gasteiger partial charge in [0, 0.05) is 12.1 Å². The van der Waals surface area contributed by atoms with Crippen molar-refractivity contribution in [1.82, 2.24) is 15.5 Å². The summed E-state index contributed by atoms with van der Waals surface area (Å²) in [5, 5.41) is 5.82. The third kappa shape index (κ3) is 3.95. The van der Waals surface area contributed by atoms with Crippen LogP contribution in [0.4, 0.5) is 4.79 Å². The number of rotatable bonds is 5. The Hall–Kier alpha value is -1.88. The van der Waals surface area contributed by atoms with E-state index < -0.39 is 0 Å². The number of imide groups is 1. The third-order valence-electron chi connectivity index (χ3n) is 7.38. The molecule has 0 aliphatic heterocycles. The van der Waals surface area contributed by atoms with Gasteiger partial charge in [-0.25, -0.2) is 4.79 Å². The zero-order chi connectivity index (χ0) is 19.9. The minimum absolute atomic E-state index is 0.0740. The number of amides is 3. The number of carbonyl (C=O) groups is 2. The van der Waals surface area contributed by atoms with Crippen LogP contribution in [0, 0.1) is 24.7 Å². The van der Waals surface area contributed by atoms with Crippen LogP contribution in [0.2, 0.25) is 0 Å². The van der Waals surface area contributed by atoms with E-state index in [4.69, 9.17) is 0 Å². The number of benzene rings is 1. The van der Waals surface area contributed by atoms with Gasteiger partial charge in [-0.3, -0.25) is 15.0 Å². The van der Waals surface area contributed by atoms with Gasteiger partial charge in [0.05, 0.1) is 6.04 Å². The summed E-state index contributed by atoms with van der Waals surface area (Å²) in [5.41, 5.74) is 2.33. The van der Waals surface area contributed by atoms with Crippen molar-refractivity contribution >= 4 is 11.9 Å². The summed E-state index contributed by atoms with van der Waals surface area (Å²) in [6.45, 7) is 4.61. The first kappa shape index (κ1) is 19.4. The Labute approximate surface area is 168 Å². The zero-order valence-electron chi connectivity index (χ0n) is 17.3. The molecule has 4 aliphatic carbocycles. The number of nitrogens with zero attached hydrogens (tertiary/aromatic N) is 1. The smallest absolute Gasteiger partial charge is 0.321 e. The molecule has 1 aromatic rings. The molecule has 28 heavy (non-hydrogen) atoms. The van der Waals surface area contributed by atoms with Gasteiger partial charge in [-0.05, 0) is 88.3 Å². The molecule has 3 amide bonds.